The number of hydrogen-bond donors (Lipinski definition) is 1. The van der Waals surface area contributed by atoms with Crippen LogP contribution in [-0.4, -0.2) is 29.0 Å². The second-order valence-corrected chi connectivity index (χ2v) is 6.28. The van der Waals surface area contributed by atoms with Crippen LogP contribution >= 0.6 is 0 Å². The lowest BCUT2D eigenvalue weighted by atomic mass is 9.77. The van der Waals surface area contributed by atoms with E-state index in [0.717, 1.165) is 13.1 Å². The minimum absolute atomic E-state index is 0.147. The Morgan fingerprint density at radius 2 is 1.89 bits per heavy atom. The summed E-state index contributed by atoms with van der Waals surface area (Å²) in [5.74, 6) is 0. The van der Waals surface area contributed by atoms with E-state index in [1.165, 1.54) is 24.8 Å². The number of piperidine rings is 1. The van der Waals surface area contributed by atoms with Crippen LogP contribution in [0.15, 0.2) is 24.5 Å². The molecule has 2 atom stereocenters. The average Bonchev–Trinajstić information content (AvgIpc) is 2.42. The quantitative estimate of drug-likeness (QED) is 0.906. The third-order valence-electron chi connectivity index (χ3n) is 4.80. The molecule has 106 valence electrons. The molecule has 3 heteroatoms. The summed E-state index contributed by atoms with van der Waals surface area (Å²) in [4.78, 5) is 6.66. The molecule has 0 spiro atoms. The van der Waals surface area contributed by atoms with Crippen LogP contribution in [0.5, 0.6) is 0 Å². The van der Waals surface area contributed by atoms with Crippen LogP contribution in [-0.2, 0) is 0 Å². The lowest BCUT2D eigenvalue weighted by Crippen LogP contribution is -2.45. The smallest absolute Gasteiger partial charge is 0.0497 e. The first-order valence-electron chi connectivity index (χ1n) is 7.45. The van der Waals surface area contributed by atoms with E-state index < -0.39 is 0 Å². The van der Waals surface area contributed by atoms with Crippen molar-refractivity contribution in [3.05, 3.63) is 30.1 Å². The third kappa shape index (κ3) is 3.34. The summed E-state index contributed by atoms with van der Waals surface area (Å²) in [5.41, 5.74) is 8.06. The Bertz CT molecular complexity index is 380. The summed E-state index contributed by atoms with van der Waals surface area (Å²) in [7, 11) is 0. The van der Waals surface area contributed by atoms with E-state index in [1.54, 1.807) is 0 Å². The molecule has 1 saturated heterocycles. The maximum Gasteiger partial charge on any atom is 0.0497 e. The van der Waals surface area contributed by atoms with Crippen molar-refractivity contribution in [1.82, 2.24) is 9.88 Å². The molecule has 1 aromatic rings. The van der Waals surface area contributed by atoms with E-state index >= 15 is 0 Å². The molecule has 2 heterocycles. The second-order valence-electron chi connectivity index (χ2n) is 6.28. The van der Waals surface area contributed by atoms with Gasteiger partial charge in [0, 0.05) is 24.5 Å². The van der Waals surface area contributed by atoms with Crippen LogP contribution in [0, 0.1) is 5.41 Å². The highest BCUT2D eigenvalue weighted by Crippen LogP contribution is 2.37. The molecule has 3 nitrogen and oxygen atoms in total. The molecule has 1 aromatic heterocycles. The predicted octanol–water partition coefficient (Wildman–Crippen LogP) is 2.98. The van der Waals surface area contributed by atoms with Crippen LogP contribution in [0.1, 0.15) is 51.6 Å². The molecule has 0 radical (unpaired) electrons. The van der Waals surface area contributed by atoms with Gasteiger partial charge < -0.3 is 5.73 Å². The highest BCUT2D eigenvalue weighted by atomic mass is 15.2. The van der Waals surface area contributed by atoms with Crippen LogP contribution in [0.4, 0.5) is 0 Å². The van der Waals surface area contributed by atoms with Gasteiger partial charge in [-0.1, -0.05) is 20.3 Å². The monoisotopic (exact) mass is 261 g/mol. The molecule has 0 saturated carbocycles. The molecule has 1 fully saturated rings. The van der Waals surface area contributed by atoms with Crippen LogP contribution in [0.2, 0.25) is 0 Å². The predicted molar refractivity (Wildman–Crippen MR) is 79.8 cm³/mol. The van der Waals surface area contributed by atoms with Crippen LogP contribution in [0.25, 0.3) is 0 Å². The summed E-state index contributed by atoms with van der Waals surface area (Å²) in [6.45, 7) is 9.13. The van der Waals surface area contributed by atoms with Gasteiger partial charge in [-0.25, -0.2) is 0 Å². The first kappa shape index (κ1) is 14.5. The Labute approximate surface area is 117 Å². The molecular weight excluding hydrogens is 234 g/mol. The Hall–Kier alpha value is -0.930. The first-order chi connectivity index (χ1) is 9.06. The SMILES string of the molecule is CCC1(C)CCN(C(c2ccncc2)C(C)N)CC1. The molecule has 1 aliphatic heterocycles. The van der Waals surface area contributed by atoms with Crippen molar-refractivity contribution in [2.75, 3.05) is 13.1 Å². The van der Waals surface area contributed by atoms with E-state index in [1.807, 2.05) is 12.4 Å². The second kappa shape index (κ2) is 6.02. The zero-order valence-electron chi connectivity index (χ0n) is 12.5. The molecule has 0 aliphatic carbocycles. The van der Waals surface area contributed by atoms with Crippen LogP contribution < -0.4 is 5.73 Å². The minimum Gasteiger partial charge on any atom is -0.326 e. The maximum absolute atomic E-state index is 6.24. The number of nitrogens with two attached hydrogens (primary N) is 1. The van der Waals surface area contributed by atoms with Gasteiger partial charge >= 0.3 is 0 Å². The molecule has 0 aromatic carbocycles. The van der Waals surface area contributed by atoms with Gasteiger partial charge in [-0.3, -0.25) is 9.88 Å². The van der Waals surface area contributed by atoms with Gasteiger partial charge in [-0.2, -0.15) is 0 Å². The fraction of sp³-hybridized carbons (Fsp3) is 0.688. The van der Waals surface area contributed by atoms with Gasteiger partial charge in [0.1, 0.15) is 0 Å². The van der Waals surface area contributed by atoms with Gasteiger partial charge in [-0.15, -0.1) is 0 Å². The van der Waals surface area contributed by atoms with Crippen molar-refractivity contribution in [2.24, 2.45) is 11.1 Å². The number of likely N-dealkylation sites (tertiary alicyclic amines) is 1. The zero-order chi connectivity index (χ0) is 13.9. The Morgan fingerprint density at radius 3 is 2.37 bits per heavy atom. The van der Waals surface area contributed by atoms with Gasteiger partial charge in [0.25, 0.3) is 0 Å². The molecule has 2 unspecified atom stereocenters. The van der Waals surface area contributed by atoms with E-state index in [0.29, 0.717) is 11.5 Å². The summed E-state index contributed by atoms with van der Waals surface area (Å²) >= 11 is 0. The van der Waals surface area contributed by atoms with Gasteiger partial charge in [0.2, 0.25) is 0 Å². The van der Waals surface area contributed by atoms with Gasteiger partial charge in [0.15, 0.2) is 0 Å². The van der Waals surface area contributed by atoms with Crippen molar-refractivity contribution in [3.63, 3.8) is 0 Å². The van der Waals surface area contributed by atoms with Crippen molar-refractivity contribution in [2.45, 2.75) is 52.1 Å². The molecule has 1 aliphatic rings. The fourth-order valence-electron chi connectivity index (χ4n) is 3.10. The molecular formula is C16H27N3. The lowest BCUT2D eigenvalue weighted by molar-refractivity contribution is 0.0721. The Morgan fingerprint density at radius 1 is 1.32 bits per heavy atom. The standard InChI is InChI=1S/C16H27N3/c1-4-16(3)7-11-19(12-8-16)15(13(2)17)14-5-9-18-10-6-14/h5-6,9-10,13,15H,4,7-8,11-12,17H2,1-3H3. The number of hydrogen-bond acceptors (Lipinski definition) is 3. The number of pyridine rings is 1. The molecule has 2 N–H and O–H groups in total. The third-order valence-corrected chi connectivity index (χ3v) is 4.80. The largest absolute Gasteiger partial charge is 0.326 e. The zero-order valence-corrected chi connectivity index (χ0v) is 12.5. The van der Waals surface area contributed by atoms with E-state index in [4.69, 9.17) is 5.73 Å². The summed E-state index contributed by atoms with van der Waals surface area (Å²) in [5, 5.41) is 0. The normalized spacial score (nSPS) is 22.9. The number of aromatic nitrogens is 1. The Balaban J connectivity index is 2.10. The Kier molecular flexibility index (Phi) is 4.58. The van der Waals surface area contributed by atoms with Crippen LogP contribution in [0.3, 0.4) is 0 Å². The summed E-state index contributed by atoms with van der Waals surface area (Å²) in [6, 6.07) is 4.67. The van der Waals surface area contributed by atoms with Crippen molar-refractivity contribution >= 4 is 0 Å². The van der Waals surface area contributed by atoms with Crippen molar-refractivity contribution < 1.29 is 0 Å². The first-order valence-corrected chi connectivity index (χ1v) is 7.45. The van der Waals surface area contributed by atoms with E-state index in [-0.39, 0.29) is 6.04 Å². The van der Waals surface area contributed by atoms with Crippen molar-refractivity contribution in [1.29, 1.82) is 0 Å². The van der Waals surface area contributed by atoms with E-state index in [2.05, 4.69) is 42.8 Å². The molecule has 2 rings (SSSR count). The topological polar surface area (TPSA) is 42.2 Å². The summed E-state index contributed by atoms with van der Waals surface area (Å²) < 4.78 is 0. The van der Waals surface area contributed by atoms with Crippen molar-refractivity contribution in [3.8, 4) is 0 Å². The molecule has 0 bridgehead atoms. The van der Waals surface area contributed by atoms with E-state index in [9.17, 15) is 0 Å². The maximum atomic E-state index is 6.24. The highest BCUT2D eigenvalue weighted by molar-refractivity contribution is 5.17. The van der Waals surface area contributed by atoms with Gasteiger partial charge in [0.05, 0.1) is 0 Å². The lowest BCUT2D eigenvalue weighted by Gasteiger charge is -2.43. The molecule has 19 heavy (non-hydrogen) atoms. The number of nitrogens with zero attached hydrogens (tertiary/aromatic N) is 2. The molecule has 0 amide bonds. The minimum atomic E-state index is 0.147. The van der Waals surface area contributed by atoms with Gasteiger partial charge in [-0.05, 0) is 56.0 Å². The summed E-state index contributed by atoms with van der Waals surface area (Å²) in [6.07, 6.45) is 7.56. The highest BCUT2D eigenvalue weighted by Gasteiger charge is 2.33. The average molecular weight is 261 g/mol. The fourth-order valence-corrected chi connectivity index (χ4v) is 3.10. The number of rotatable bonds is 4.